The van der Waals surface area contributed by atoms with Crippen LogP contribution in [0.2, 0.25) is 0 Å². The molecule has 1 saturated carbocycles. The summed E-state index contributed by atoms with van der Waals surface area (Å²) in [6, 6.07) is 1.10. The normalized spacial score (nSPS) is 23.4. The van der Waals surface area contributed by atoms with Crippen molar-refractivity contribution < 1.29 is 23.1 Å². The summed E-state index contributed by atoms with van der Waals surface area (Å²) in [6.45, 7) is 0. The zero-order chi connectivity index (χ0) is 13.3. The monoisotopic (exact) mass is 291 g/mol. The number of thiophene rings is 1. The number of sulfonamides is 1. The van der Waals surface area contributed by atoms with E-state index in [-0.39, 0.29) is 15.8 Å². The van der Waals surface area contributed by atoms with Crippen LogP contribution >= 0.6 is 11.3 Å². The van der Waals surface area contributed by atoms with Crippen LogP contribution in [-0.2, 0) is 14.8 Å². The highest BCUT2D eigenvalue weighted by atomic mass is 32.2. The van der Waals surface area contributed by atoms with Crippen LogP contribution in [-0.4, -0.2) is 38.7 Å². The highest BCUT2D eigenvalue weighted by Gasteiger charge is 2.33. The summed E-state index contributed by atoms with van der Waals surface area (Å²) in [6.07, 6.45) is 0.355. The predicted molar refractivity (Wildman–Crippen MR) is 65.0 cm³/mol. The lowest BCUT2D eigenvalue weighted by atomic mass is 9.91. The van der Waals surface area contributed by atoms with Gasteiger partial charge >= 0.3 is 5.97 Å². The zero-order valence-corrected chi connectivity index (χ0v) is 11.3. The minimum Gasteiger partial charge on any atom is -0.465 e. The van der Waals surface area contributed by atoms with Gasteiger partial charge < -0.3 is 9.84 Å². The number of hydrogen-bond acceptors (Lipinski definition) is 6. The molecule has 0 aliphatic heterocycles. The lowest BCUT2D eigenvalue weighted by molar-refractivity contribution is 0.0600. The fourth-order valence-electron chi connectivity index (χ4n) is 1.72. The third-order valence-electron chi connectivity index (χ3n) is 2.72. The summed E-state index contributed by atoms with van der Waals surface area (Å²) in [5.41, 5.74) is 0. The Labute approximate surface area is 109 Å². The summed E-state index contributed by atoms with van der Waals surface area (Å²) in [7, 11) is -2.54. The van der Waals surface area contributed by atoms with Crippen molar-refractivity contribution in [2.45, 2.75) is 29.9 Å². The van der Waals surface area contributed by atoms with E-state index < -0.39 is 22.1 Å². The van der Waals surface area contributed by atoms with Crippen molar-refractivity contribution in [3.63, 3.8) is 0 Å². The van der Waals surface area contributed by atoms with Gasteiger partial charge in [0, 0.05) is 6.04 Å². The van der Waals surface area contributed by atoms with E-state index in [0.717, 1.165) is 11.3 Å². The third-order valence-corrected chi connectivity index (χ3v) is 5.31. The Balaban J connectivity index is 2.19. The Morgan fingerprint density at radius 1 is 1.56 bits per heavy atom. The maximum atomic E-state index is 12.1. The molecule has 0 saturated heterocycles. The minimum atomic E-state index is -3.74. The van der Waals surface area contributed by atoms with E-state index >= 15 is 0 Å². The number of aliphatic hydroxyl groups is 1. The molecule has 0 aromatic carbocycles. The minimum absolute atomic E-state index is 0.0601. The highest BCUT2D eigenvalue weighted by Crippen LogP contribution is 2.26. The summed E-state index contributed by atoms with van der Waals surface area (Å²) in [5.74, 6) is -0.668. The largest absolute Gasteiger partial charge is 0.465 e. The molecule has 2 N–H and O–H groups in total. The van der Waals surface area contributed by atoms with Crippen LogP contribution in [0.4, 0.5) is 0 Å². The second kappa shape index (κ2) is 4.96. The maximum Gasteiger partial charge on any atom is 0.349 e. The Kier molecular flexibility index (Phi) is 3.71. The average Bonchev–Trinajstić information content (AvgIpc) is 2.75. The van der Waals surface area contributed by atoms with Gasteiger partial charge in [0.05, 0.1) is 13.2 Å². The number of hydrogen-bond donors (Lipinski definition) is 2. The second-order valence-electron chi connectivity index (χ2n) is 4.05. The summed E-state index contributed by atoms with van der Waals surface area (Å²) >= 11 is 1.02. The lowest BCUT2D eigenvalue weighted by Gasteiger charge is -2.31. The van der Waals surface area contributed by atoms with Gasteiger partial charge in [-0.25, -0.2) is 17.9 Å². The maximum absolute atomic E-state index is 12.1. The molecule has 2 rings (SSSR count). The van der Waals surface area contributed by atoms with Crippen molar-refractivity contribution >= 4 is 27.3 Å². The number of nitrogens with one attached hydrogen (secondary N) is 1. The van der Waals surface area contributed by atoms with Crippen LogP contribution in [0, 0.1) is 0 Å². The van der Waals surface area contributed by atoms with Crippen molar-refractivity contribution in [2.24, 2.45) is 0 Å². The van der Waals surface area contributed by atoms with E-state index in [0.29, 0.717) is 12.8 Å². The molecule has 18 heavy (non-hydrogen) atoms. The number of carbonyl (C=O) groups excluding carboxylic acids is 1. The van der Waals surface area contributed by atoms with E-state index in [2.05, 4.69) is 9.46 Å². The SMILES string of the molecule is COC(=O)c1sccc1S(=O)(=O)NC1CC(O)C1. The van der Waals surface area contributed by atoms with Crippen molar-refractivity contribution in [1.29, 1.82) is 0 Å². The molecule has 1 aromatic rings. The van der Waals surface area contributed by atoms with Crippen LogP contribution in [0.3, 0.4) is 0 Å². The van der Waals surface area contributed by atoms with Gasteiger partial charge in [0.2, 0.25) is 10.0 Å². The summed E-state index contributed by atoms with van der Waals surface area (Å²) in [5, 5.41) is 10.6. The molecule has 0 bridgehead atoms. The van der Waals surface area contributed by atoms with E-state index in [4.69, 9.17) is 5.11 Å². The molecular weight excluding hydrogens is 278 g/mol. The van der Waals surface area contributed by atoms with Gasteiger partial charge in [0.25, 0.3) is 0 Å². The predicted octanol–water partition coefficient (Wildman–Crippen LogP) is 0.336. The van der Waals surface area contributed by atoms with Gasteiger partial charge in [-0.15, -0.1) is 11.3 Å². The van der Waals surface area contributed by atoms with Crippen LogP contribution < -0.4 is 4.72 Å². The number of esters is 1. The first-order valence-corrected chi connectivity index (χ1v) is 7.66. The number of aliphatic hydroxyl groups excluding tert-OH is 1. The van der Waals surface area contributed by atoms with Gasteiger partial charge in [-0.3, -0.25) is 0 Å². The third kappa shape index (κ3) is 2.56. The molecule has 6 nitrogen and oxygen atoms in total. The molecule has 1 heterocycles. The molecule has 8 heteroatoms. The fraction of sp³-hybridized carbons (Fsp3) is 0.500. The second-order valence-corrected chi connectivity index (χ2v) is 6.65. The van der Waals surface area contributed by atoms with Gasteiger partial charge in [0.1, 0.15) is 9.77 Å². The number of carbonyl (C=O) groups is 1. The molecule has 0 amide bonds. The molecule has 0 radical (unpaired) electrons. The van der Waals surface area contributed by atoms with E-state index in [9.17, 15) is 13.2 Å². The highest BCUT2D eigenvalue weighted by molar-refractivity contribution is 7.89. The van der Waals surface area contributed by atoms with Crippen molar-refractivity contribution in [1.82, 2.24) is 4.72 Å². The Morgan fingerprint density at radius 2 is 2.22 bits per heavy atom. The molecule has 0 atom stereocenters. The summed E-state index contributed by atoms with van der Waals surface area (Å²) < 4.78 is 31.1. The van der Waals surface area contributed by atoms with Crippen LogP contribution in [0.15, 0.2) is 16.3 Å². The van der Waals surface area contributed by atoms with Crippen LogP contribution in [0.25, 0.3) is 0 Å². The van der Waals surface area contributed by atoms with Gasteiger partial charge in [-0.2, -0.15) is 0 Å². The zero-order valence-electron chi connectivity index (χ0n) is 9.62. The molecule has 1 fully saturated rings. The molecular formula is C10H13NO5S2. The molecule has 100 valence electrons. The van der Waals surface area contributed by atoms with Crippen molar-refractivity contribution in [3.05, 3.63) is 16.3 Å². The number of methoxy groups -OCH3 is 1. The topological polar surface area (TPSA) is 92.7 Å². The van der Waals surface area contributed by atoms with Gasteiger partial charge in [-0.05, 0) is 24.3 Å². The molecule has 0 spiro atoms. The van der Waals surface area contributed by atoms with E-state index in [1.807, 2.05) is 0 Å². The van der Waals surface area contributed by atoms with E-state index in [1.54, 1.807) is 0 Å². The summed E-state index contributed by atoms with van der Waals surface area (Å²) in [4.78, 5) is 11.4. The van der Waals surface area contributed by atoms with Gasteiger partial charge in [0.15, 0.2) is 0 Å². The quantitative estimate of drug-likeness (QED) is 0.780. The Morgan fingerprint density at radius 3 is 2.78 bits per heavy atom. The van der Waals surface area contributed by atoms with E-state index in [1.165, 1.54) is 18.6 Å². The van der Waals surface area contributed by atoms with Crippen molar-refractivity contribution in [3.8, 4) is 0 Å². The number of ether oxygens (including phenoxy) is 1. The first-order valence-electron chi connectivity index (χ1n) is 5.30. The fourth-order valence-corrected chi connectivity index (χ4v) is 4.31. The lowest BCUT2D eigenvalue weighted by Crippen LogP contribution is -2.46. The molecule has 1 aliphatic rings. The smallest absolute Gasteiger partial charge is 0.349 e. The standard InChI is InChI=1S/C10H13NO5S2/c1-16-10(13)9-8(2-3-17-9)18(14,15)11-6-4-7(12)5-6/h2-3,6-7,11-12H,4-5H2,1H3. The molecule has 0 unspecified atom stereocenters. The molecule has 1 aliphatic carbocycles. The Bertz CT molecular complexity index is 544. The van der Waals surface area contributed by atoms with Crippen LogP contribution in [0.5, 0.6) is 0 Å². The first kappa shape index (κ1) is 13.5. The first-order chi connectivity index (χ1) is 8.44. The van der Waals surface area contributed by atoms with Crippen LogP contribution in [0.1, 0.15) is 22.5 Å². The Hall–Kier alpha value is -0.960. The van der Waals surface area contributed by atoms with Crippen molar-refractivity contribution in [2.75, 3.05) is 7.11 Å². The van der Waals surface area contributed by atoms with Gasteiger partial charge in [-0.1, -0.05) is 0 Å². The average molecular weight is 291 g/mol. The number of rotatable bonds is 4. The molecule has 1 aromatic heterocycles.